The Bertz CT molecular complexity index is 535. The standard InChI is InChI=1S/C14H16N2O4S/c17-8-10(6-9-4-2-1-3-5-9)15-12(18)7-11-13(19)16-14(20)21-11/h1-5,10-11,17H,6-8H2,(H,15,18)(H,16,19,20). The number of nitrogens with one attached hydrogen (secondary N) is 2. The van der Waals surface area contributed by atoms with Crippen molar-refractivity contribution < 1.29 is 19.5 Å². The molecule has 1 aromatic carbocycles. The minimum atomic E-state index is -0.687. The molecular formula is C14H16N2O4S. The summed E-state index contributed by atoms with van der Waals surface area (Å²) in [6.07, 6.45) is 0.430. The van der Waals surface area contributed by atoms with Gasteiger partial charge in [-0.2, -0.15) is 0 Å². The molecule has 0 aromatic heterocycles. The molecule has 21 heavy (non-hydrogen) atoms. The van der Waals surface area contributed by atoms with Gasteiger partial charge in [0.2, 0.25) is 11.8 Å². The van der Waals surface area contributed by atoms with Crippen LogP contribution in [0.25, 0.3) is 0 Å². The fourth-order valence-corrected chi connectivity index (χ4v) is 2.86. The molecule has 1 aliphatic heterocycles. The summed E-state index contributed by atoms with van der Waals surface area (Å²) in [5.41, 5.74) is 1.00. The van der Waals surface area contributed by atoms with Crippen molar-refractivity contribution in [2.45, 2.75) is 24.1 Å². The van der Waals surface area contributed by atoms with E-state index < -0.39 is 22.4 Å². The van der Waals surface area contributed by atoms with Crippen LogP contribution in [0.4, 0.5) is 4.79 Å². The van der Waals surface area contributed by atoms with Crippen molar-refractivity contribution >= 4 is 28.8 Å². The van der Waals surface area contributed by atoms with Crippen molar-refractivity contribution in [1.82, 2.24) is 10.6 Å². The zero-order valence-corrected chi connectivity index (χ0v) is 12.1. The maximum atomic E-state index is 11.9. The fraction of sp³-hybridized carbons (Fsp3) is 0.357. The van der Waals surface area contributed by atoms with Crippen molar-refractivity contribution in [3.63, 3.8) is 0 Å². The second kappa shape index (κ2) is 7.24. The van der Waals surface area contributed by atoms with E-state index in [-0.39, 0.29) is 18.9 Å². The van der Waals surface area contributed by atoms with Gasteiger partial charge in [-0.15, -0.1) is 0 Å². The SMILES string of the molecule is O=C(CC1SC(=O)NC1=O)NC(CO)Cc1ccccc1. The lowest BCUT2D eigenvalue weighted by Gasteiger charge is -2.17. The molecule has 6 nitrogen and oxygen atoms in total. The lowest BCUT2D eigenvalue weighted by Crippen LogP contribution is -2.41. The normalized spacial score (nSPS) is 19.2. The molecule has 1 saturated heterocycles. The van der Waals surface area contributed by atoms with Crippen LogP contribution >= 0.6 is 11.8 Å². The van der Waals surface area contributed by atoms with Crippen LogP contribution in [0.2, 0.25) is 0 Å². The van der Waals surface area contributed by atoms with Gasteiger partial charge in [-0.3, -0.25) is 19.7 Å². The van der Waals surface area contributed by atoms with E-state index in [0.29, 0.717) is 6.42 Å². The third-order valence-electron chi connectivity index (χ3n) is 3.05. The lowest BCUT2D eigenvalue weighted by atomic mass is 10.1. The van der Waals surface area contributed by atoms with Crippen molar-refractivity contribution in [2.24, 2.45) is 0 Å². The Morgan fingerprint density at radius 2 is 2.05 bits per heavy atom. The van der Waals surface area contributed by atoms with Gasteiger partial charge in [0.1, 0.15) is 5.25 Å². The molecule has 3 N–H and O–H groups in total. The number of imide groups is 1. The minimum absolute atomic E-state index is 0.0759. The molecule has 1 aliphatic rings. The molecule has 0 saturated carbocycles. The molecule has 112 valence electrons. The highest BCUT2D eigenvalue weighted by Gasteiger charge is 2.33. The highest BCUT2D eigenvalue weighted by Crippen LogP contribution is 2.21. The van der Waals surface area contributed by atoms with Crippen LogP contribution in [0.15, 0.2) is 30.3 Å². The van der Waals surface area contributed by atoms with Gasteiger partial charge in [0.25, 0.3) is 5.24 Å². The van der Waals surface area contributed by atoms with Gasteiger partial charge >= 0.3 is 0 Å². The Labute approximate surface area is 126 Å². The largest absolute Gasteiger partial charge is 0.394 e. The maximum Gasteiger partial charge on any atom is 0.286 e. The van der Waals surface area contributed by atoms with Gasteiger partial charge in [-0.25, -0.2) is 0 Å². The summed E-state index contributed by atoms with van der Waals surface area (Å²) >= 11 is 0.818. The van der Waals surface area contributed by atoms with Gasteiger partial charge in [-0.05, 0) is 12.0 Å². The Kier molecular flexibility index (Phi) is 5.35. The van der Waals surface area contributed by atoms with Crippen molar-refractivity contribution in [3.8, 4) is 0 Å². The van der Waals surface area contributed by atoms with Gasteiger partial charge in [-0.1, -0.05) is 42.1 Å². The van der Waals surface area contributed by atoms with E-state index in [2.05, 4.69) is 10.6 Å². The number of carbonyl (C=O) groups is 3. The molecule has 0 aliphatic carbocycles. The molecule has 0 radical (unpaired) electrons. The number of aliphatic hydroxyl groups excluding tert-OH is 1. The number of aliphatic hydroxyl groups is 1. The zero-order chi connectivity index (χ0) is 15.2. The third kappa shape index (κ3) is 4.57. The van der Waals surface area contributed by atoms with Gasteiger partial charge in [0.15, 0.2) is 0 Å². The van der Waals surface area contributed by atoms with E-state index in [4.69, 9.17) is 0 Å². The number of hydrogen-bond donors (Lipinski definition) is 3. The summed E-state index contributed by atoms with van der Waals surface area (Å²) < 4.78 is 0. The number of rotatable bonds is 6. The second-order valence-corrected chi connectivity index (χ2v) is 5.90. The number of carbonyl (C=O) groups excluding carboxylic acids is 3. The molecule has 3 amide bonds. The smallest absolute Gasteiger partial charge is 0.286 e. The summed E-state index contributed by atoms with van der Waals surface area (Å²) in [4.78, 5) is 34.3. The molecule has 0 spiro atoms. The lowest BCUT2D eigenvalue weighted by molar-refractivity contribution is -0.125. The van der Waals surface area contributed by atoms with E-state index >= 15 is 0 Å². The van der Waals surface area contributed by atoms with E-state index in [1.54, 1.807) is 0 Å². The Morgan fingerprint density at radius 1 is 1.33 bits per heavy atom. The van der Waals surface area contributed by atoms with Crippen LogP contribution in [0.1, 0.15) is 12.0 Å². The van der Waals surface area contributed by atoms with Gasteiger partial charge in [0.05, 0.1) is 12.6 Å². The molecule has 2 rings (SSSR count). The number of benzene rings is 1. The highest BCUT2D eigenvalue weighted by molar-refractivity contribution is 8.15. The summed E-state index contributed by atoms with van der Waals surface area (Å²) in [5.74, 6) is -0.795. The zero-order valence-electron chi connectivity index (χ0n) is 11.2. The monoisotopic (exact) mass is 308 g/mol. The summed E-state index contributed by atoms with van der Waals surface area (Å²) in [6, 6.07) is 9.07. The second-order valence-electron chi connectivity index (χ2n) is 4.72. The van der Waals surface area contributed by atoms with Crippen molar-refractivity contribution in [2.75, 3.05) is 6.61 Å². The first-order valence-electron chi connectivity index (χ1n) is 6.54. The first-order chi connectivity index (χ1) is 10.1. The Morgan fingerprint density at radius 3 is 2.62 bits per heavy atom. The number of amides is 3. The van der Waals surface area contributed by atoms with Crippen molar-refractivity contribution in [3.05, 3.63) is 35.9 Å². The molecule has 2 atom stereocenters. The van der Waals surface area contributed by atoms with Crippen molar-refractivity contribution in [1.29, 1.82) is 0 Å². The molecule has 7 heteroatoms. The maximum absolute atomic E-state index is 11.9. The molecule has 1 heterocycles. The predicted octanol–water partition coefficient (Wildman–Crippen LogP) is 0.448. The summed E-state index contributed by atoms with van der Waals surface area (Å²) in [6.45, 7) is -0.191. The molecule has 2 unspecified atom stereocenters. The van der Waals surface area contributed by atoms with Crippen LogP contribution in [-0.2, 0) is 16.0 Å². The topological polar surface area (TPSA) is 95.5 Å². The molecule has 0 bridgehead atoms. The Hall–Kier alpha value is -1.86. The first-order valence-corrected chi connectivity index (χ1v) is 7.42. The minimum Gasteiger partial charge on any atom is -0.394 e. The van der Waals surface area contributed by atoms with Crippen LogP contribution in [0, 0.1) is 0 Å². The van der Waals surface area contributed by atoms with E-state index in [1.807, 2.05) is 30.3 Å². The quantitative estimate of drug-likeness (QED) is 0.709. The van der Waals surface area contributed by atoms with Crippen LogP contribution < -0.4 is 10.6 Å². The molecule has 1 fully saturated rings. The third-order valence-corrected chi connectivity index (χ3v) is 4.03. The van der Waals surface area contributed by atoms with E-state index in [1.165, 1.54) is 0 Å². The van der Waals surface area contributed by atoms with Gasteiger partial charge in [0, 0.05) is 6.42 Å². The van der Waals surface area contributed by atoms with Gasteiger partial charge < -0.3 is 10.4 Å². The molecular weight excluding hydrogens is 292 g/mol. The number of thioether (sulfide) groups is 1. The Balaban J connectivity index is 1.85. The highest BCUT2D eigenvalue weighted by atomic mass is 32.2. The average molecular weight is 308 g/mol. The summed E-state index contributed by atoms with van der Waals surface area (Å²) in [7, 11) is 0. The van der Waals surface area contributed by atoms with Crippen LogP contribution in [-0.4, -0.2) is 40.1 Å². The number of hydrogen-bond acceptors (Lipinski definition) is 5. The predicted molar refractivity (Wildman–Crippen MR) is 78.7 cm³/mol. The average Bonchev–Trinajstić information content (AvgIpc) is 2.77. The summed E-state index contributed by atoms with van der Waals surface area (Å²) in [5, 5.41) is 13.0. The fourth-order valence-electron chi connectivity index (χ4n) is 2.04. The van der Waals surface area contributed by atoms with Crippen LogP contribution in [0.5, 0.6) is 0 Å². The van der Waals surface area contributed by atoms with E-state index in [0.717, 1.165) is 17.3 Å². The molecule has 1 aromatic rings. The van der Waals surface area contributed by atoms with Crippen LogP contribution in [0.3, 0.4) is 0 Å². The van der Waals surface area contributed by atoms with E-state index in [9.17, 15) is 19.5 Å². The first kappa shape index (κ1) is 15.5.